The molecule has 1 aliphatic rings. The van der Waals surface area contributed by atoms with E-state index in [2.05, 4.69) is 84.5 Å². The predicted octanol–water partition coefficient (Wildman–Crippen LogP) is 7.18. The molecule has 3 aromatic rings. The van der Waals surface area contributed by atoms with Gasteiger partial charge in [-0.3, -0.25) is 4.90 Å². The van der Waals surface area contributed by atoms with E-state index in [-0.39, 0.29) is 12.0 Å². The normalized spacial score (nSPS) is 16.9. The standard InChI is InChI=1S/C30H40ClN5/c1-22(2)21-36-29-13-8-7-12-27(29)33-30(36)35-17-9-16-34(18-19-35)28(15-14-24(20-32)23(3)4)25-10-5-6-11-26(25)31/h5-8,10-13,22-24,28H,9,14-19,21H2,1-4H3. The molecule has 0 aliphatic carbocycles. The van der Waals surface area contributed by atoms with Gasteiger partial charge in [-0.25, -0.2) is 4.98 Å². The molecule has 0 saturated carbocycles. The van der Waals surface area contributed by atoms with E-state index in [1.54, 1.807) is 0 Å². The fraction of sp³-hybridized carbons (Fsp3) is 0.533. The van der Waals surface area contributed by atoms with Gasteiger partial charge in [-0.15, -0.1) is 0 Å². The molecule has 0 bridgehead atoms. The SMILES string of the molecule is CC(C)Cn1c(N2CCCN(C(CCC(C#N)C(C)C)c3ccccc3Cl)CC2)nc2ccccc21. The summed E-state index contributed by atoms with van der Waals surface area (Å²) < 4.78 is 2.40. The lowest BCUT2D eigenvalue weighted by atomic mass is 9.89. The summed E-state index contributed by atoms with van der Waals surface area (Å²) in [4.78, 5) is 10.1. The lowest BCUT2D eigenvalue weighted by molar-refractivity contribution is 0.190. The Morgan fingerprint density at radius 1 is 0.944 bits per heavy atom. The van der Waals surface area contributed by atoms with Crippen molar-refractivity contribution in [2.75, 3.05) is 31.1 Å². The molecule has 0 spiro atoms. The van der Waals surface area contributed by atoms with E-state index in [4.69, 9.17) is 16.6 Å². The van der Waals surface area contributed by atoms with Gasteiger partial charge < -0.3 is 9.47 Å². The predicted molar refractivity (Wildman–Crippen MR) is 150 cm³/mol. The van der Waals surface area contributed by atoms with Crippen LogP contribution in [0.3, 0.4) is 0 Å². The number of benzene rings is 2. The van der Waals surface area contributed by atoms with Crippen LogP contribution >= 0.6 is 11.6 Å². The van der Waals surface area contributed by atoms with Crippen molar-refractivity contribution in [1.29, 1.82) is 5.26 Å². The highest BCUT2D eigenvalue weighted by atomic mass is 35.5. The quantitative estimate of drug-likeness (QED) is 0.309. The van der Waals surface area contributed by atoms with Gasteiger partial charge in [0.25, 0.3) is 0 Å². The molecule has 1 saturated heterocycles. The fourth-order valence-corrected chi connectivity index (χ4v) is 5.72. The minimum absolute atomic E-state index is 0.0643. The first-order valence-corrected chi connectivity index (χ1v) is 13.8. The van der Waals surface area contributed by atoms with E-state index in [1.807, 2.05) is 12.1 Å². The zero-order chi connectivity index (χ0) is 25.7. The summed E-state index contributed by atoms with van der Waals surface area (Å²) in [5.74, 6) is 2.05. The lowest BCUT2D eigenvalue weighted by Crippen LogP contribution is -2.35. The van der Waals surface area contributed by atoms with Crippen LogP contribution in [0.15, 0.2) is 48.5 Å². The third-order valence-corrected chi connectivity index (χ3v) is 7.77. The molecule has 6 heteroatoms. The van der Waals surface area contributed by atoms with E-state index < -0.39 is 0 Å². The van der Waals surface area contributed by atoms with Crippen molar-refractivity contribution < 1.29 is 0 Å². The average molecular weight is 506 g/mol. The number of imidazole rings is 1. The maximum absolute atomic E-state index is 9.69. The maximum Gasteiger partial charge on any atom is 0.206 e. The van der Waals surface area contributed by atoms with Gasteiger partial charge in [0.15, 0.2) is 0 Å². The highest BCUT2D eigenvalue weighted by Gasteiger charge is 2.28. The first kappa shape index (κ1) is 26.5. The van der Waals surface area contributed by atoms with Crippen LogP contribution in [0.2, 0.25) is 5.02 Å². The Bertz CT molecular complexity index is 1180. The second-order valence-corrected chi connectivity index (χ2v) is 11.3. The molecule has 1 fully saturated rings. The summed E-state index contributed by atoms with van der Waals surface area (Å²) >= 11 is 6.71. The molecule has 1 aromatic heterocycles. The zero-order valence-electron chi connectivity index (χ0n) is 22.2. The van der Waals surface area contributed by atoms with Gasteiger partial charge in [0, 0.05) is 49.7 Å². The molecule has 0 radical (unpaired) electrons. The summed E-state index contributed by atoms with van der Waals surface area (Å²) in [5.41, 5.74) is 3.46. The molecule has 2 heterocycles. The monoisotopic (exact) mass is 505 g/mol. The summed E-state index contributed by atoms with van der Waals surface area (Å²) in [5, 5.41) is 10.5. The minimum atomic E-state index is 0.0643. The van der Waals surface area contributed by atoms with Gasteiger partial charge in [0.2, 0.25) is 5.95 Å². The third-order valence-electron chi connectivity index (χ3n) is 7.42. The largest absolute Gasteiger partial charge is 0.341 e. The molecule has 5 nitrogen and oxygen atoms in total. The summed E-state index contributed by atoms with van der Waals surface area (Å²) in [6.07, 6.45) is 2.89. The number of nitriles is 1. The number of nitrogens with zero attached hydrogens (tertiary/aromatic N) is 5. The van der Waals surface area contributed by atoms with Crippen LogP contribution in [0.1, 0.15) is 58.6 Å². The van der Waals surface area contributed by atoms with E-state index in [0.29, 0.717) is 11.8 Å². The summed E-state index contributed by atoms with van der Waals surface area (Å²) in [6.45, 7) is 13.6. The number of fused-ring (bicyclic) bond motifs is 1. The molecule has 192 valence electrons. The Morgan fingerprint density at radius 3 is 2.42 bits per heavy atom. The van der Waals surface area contributed by atoms with Gasteiger partial charge in [0.1, 0.15) is 0 Å². The van der Waals surface area contributed by atoms with Crippen LogP contribution < -0.4 is 4.90 Å². The van der Waals surface area contributed by atoms with Crippen LogP contribution in [-0.4, -0.2) is 40.6 Å². The van der Waals surface area contributed by atoms with Crippen LogP contribution in [0.4, 0.5) is 5.95 Å². The Balaban J connectivity index is 1.58. The molecule has 0 N–H and O–H groups in total. The third kappa shape index (κ3) is 6.05. The van der Waals surface area contributed by atoms with Crippen molar-refractivity contribution in [3.63, 3.8) is 0 Å². The smallest absolute Gasteiger partial charge is 0.206 e. The van der Waals surface area contributed by atoms with Crippen molar-refractivity contribution in [2.45, 2.75) is 59.5 Å². The maximum atomic E-state index is 9.69. The number of rotatable bonds is 9. The molecule has 4 rings (SSSR count). The van der Waals surface area contributed by atoms with Crippen LogP contribution in [-0.2, 0) is 6.54 Å². The zero-order valence-corrected chi connectivity index (χ0v) is 23.0. The van der Waals surface area contributed by atoms with E-state index >= 15 is 0 Å². The number of para-hydroxylation sites is 2. The first-order chi connectivity index (χ1) is 17.4. The van der Waals surface area contributed by atoms with Gasteiger partial charge in [0.05, 0.1) is 17.1 Å². The molecule has 2 aromatic carbocycles. The Morgan fingerprint density at radius 2 is 1.69 bits per heavy atom. The molecule has 1 aliphatic heterocycles. The van der Waals surface area contributed by atoms with Crippen molar-refractivity contribution in [2.24, 2.45) is 17.8 Å². The highest BCUT2D eigenvalue weighted by molar-refractivity contribution is 6.31. The lowest BCUT2D eigenvalue weighted by Gasteiger charge is -2.32. The highest BCUT2D eigenvalue weighted by Crippen LogP contribution is 2.34. The first-order valence-electron chi connectivity index (χ1n) is 13.5. The van der Waals surface area contributed by atoms with Crippen LogP contribution in [0.25, 0.3) is 11.0 Å². The molecule has 0 amide bonds. The van der Waals surface area contributed by atoms with E-state index in [1.165, 1.54) is 11.1 Å². The minimum Gasteiger partial charge on any atom is -0.341 e. The Hall–Kier alpha value is -2.55. The van der Waals surface area contributed by atoms with Crippen molar-refractivity contribution in [1.82, 2.24) is 14.5 Å². The van der Waals surface area contributed by atoms with E-state index in [9.17, 15) is 5.26 Å². The number of hydrogen-bond donors (Lipinski definition) is 0. The van der Waals surface area contributed by atoms with Gasteiger partial charge in [-0.1, -0.05) is 69.6 Å². The summed E-state index contributed by atoms with van der Waals surface area (Å²) in [7, 11) is 0. The van der Waals surface area contributed by atoms with Crippen molar-refractivity contribution in [3.05, 3.63) is 59.1 Å². The topological polar surface area (TPSA) is 48.1 Å². The van der Waals surface area contributed by atoms with Crippen molar-refractivity contribution >= 4 is 28.6 Å². The van der Waals surface area contributed by atoms with Crippen LogP contribution in [0.5, 0.6) is 0 Å². The number of aromatic nitrogens is 2. The number of halogens is 1. The average Bonchev–Trinajstić information content (AvgIpc) is 3.03. The summed E-state index contributed by atoms with van der Waals surface area (Å²) in [6, 6.07) is 19.5. The number of hydrogen-bond acceptors (Lipinski definition) is 4. The van der Waals surface area contributed by atoms with Crippen molar-refractivity contribution in [3.8, 4) is 6.07 Å². The molecule has 2 atom stereocenters. The van der Waals surface area contributed by atoms with Crippen LogP contribution in [0, 0.1) is 29.1 Å². The Labute approximate surface area is 221 Å². The van der Waals surface area contributed by atoms with Gasteiger partial charge >= 0.3 is 0 Å². The van der Waals surface area contributed by atoms with Gasteiger partial charge in [-0.2, -0.15) is 5.26 Å². The molecule has 2 unspecified atom stereocenters. The second-order valence-electron chi connectivity index (χ2n) is 10.9. The second kappa shape index (κ2) is 12.1. The molecule has 36 heavy (non-hydrogen) atoms. The Kier molecular flexibility index (Phi) is 8.93. The molecular formula is C30H40ClN5. The molecular weight excluding hydrogens is 466 g/mol. The fourth-order valence-electron chi connectivity index (χ4n) is 5.46. The van der Waals surface area contributed by atoms with E-state index in [0.717, 1.165) is 68.5 Å². The van der Waals surface area contributed by atoms with Gasteiger partial charge in [-0.05, 0) is 54.9 Å². The number of anilines is 1.